The molecule has 3 atom stereocenters. The summed E-state index contributed by atoms with van der Waals surface area (Å²) in [6.45, 7) is 3.32. The summed E-state index contributed by atoms with van der Waals surface area (Å²) in [6.07, 6.45) is 10.1. The van der Waals surface area contributed by atoms with E-state index >= 15 is 0 Å². The molecule has 1 aliphatic heterocycles. The van der Waals surface area contributed by atoms with Crippen molar-refractivity contribution < 1.29 is 9.84 Å². The van der Waals surface area contributed by atoms with Crippen LogP contribution < -0.4 is 5.32 Å². The maximum Gasteiger partial charge on any atom is 0.0708 e. The molecule has 2 rings (SSSR count). The van der Waals surface area contributed by atoms with Crippen molar-refractivity contribution in [2.45, 2.75) is 68.4 Å². The van der Waals surface area contributed by atoms with E-state index in [1.807, 2.05) is 0 Å². The summed E-state index contributed by atoms with van der Waals surface area (Å²) in [7, 11) is 0. The fourth-order valence-electron chi connectivity index (χ4n) is 3.31. The molecule has 2 N–H and O–H groups in total. The van der Waals surface area contributed by atoms with Gasteiger partial charge in [-0.1, -0.05) is 12.8 Å². The third-order valence-corrected chi connectivity index (χ3v) is 5.72. The van der Waals surface area contributed by atoms with Crippen molar-refractivity contribution in [1.29, 1.82) is 0 Å². The van der Waals surface area contributed by atoms with Crippen molar-refractivity contribution in [2.24, 2.45) is 0 Å². The predicted octanol–water partition coefficient (Wildman–Crippen LogP) is 2.18. The Morgan fingerprint density at radius 1 is 1.39 bits per heavy atom. The van der Waals surface area contributed by atoms with Crippen molar-refractivity contribution in [3.8, 4) is 0 Å². The van der Waals surface area contributed by atoms with Crippen LogP contribution in [0.5, 0.6) is 0 Å². The van der Waals surface area contributed by atoms with Gasteiger partial charge in [-0.3, -0.25) is 0 Å². The first-order chi connectivity index (χ1) is 8.69. The van der Waals surface area contributed by atoms with Crippen LogP contribution in [0, 0.1) is 0 Å². The highest BCUT2D eigenvalue weighted by Gasteiger charge is 2.41. The Bertz CT molecular complexity index is 252. The number of hydrogen-bond acceptors (Lipinski definition) is 4. The summed E-state index contributed by atoms with van der Waals surface area (Å²) in [5.74, 6) is 0. The molecule has 0 aromatic heterocycles. The van der Waals surface area contributed by atoms with Crippen LogP contribution >= 0.6 is 11.8 Å². The van der Waals surface area contributed by atoms with Crippen LogP contribution in [0.3, 0.4) is 0 Å². The van der Waals surface area contributed by atoms with Crippen LogP contribution in [-0.4, -0.2) is 47.5 Å². The Morgan fingerprint density at radius 3 is 2.72 bits per heavy atom. The van der Waals surface area contributed by atoms with E-state index < -0.39 is 0 Å². The Morgan fingerprint density at radius 2 is 2.11 bits per heavy atom. The van der Waals surface area contributed by atoms with Crippen LogP contribution in [0.4, 0.5) is 0 Å². The third kappa shape index (κ3) is 3.41. The standard InChI is InChI=1S/C14H27NO2S/c1-11(13(10-16)18-2)15-9-12-5-8-14(17-12)6-3-4-7-14/h11-13,15-16H,3-10H2,1-2H3. The molecule has 3 nitrogen and oxygen atoms in total. The first-order valence-corrected chi connectivity index (χ1v) is 8.53. The molecular weight excluding hydrogens is 246 g/mol. The number of thioether (sulfide) groups is 1. The molecule has 2 aliphatic rings. The summed E-state index contributed by atoms with van der Waals surface area (Å²) in [5, 5.41) is 13.1. The molecule has 1 saturated heterocycles. The second-order valence-electron chi connectivity index (χ2n) is 5.82. The lowest BCUT2D eigenvalue weighted by Gasteiger charge is -2.26. The molecule has 0 amide bonds. The number of aliphatic hydroxyl groups excluding tert-OH is 1. The monoisotopic (exact) mass is 273 g/mol. The van der Waals surface area contributed by atoms with Gasteiger partial charge in [0.15, 0.2) is 0 Å². The van der Waals surface area contributed by atoms with E-state index in [2.05, 4.69) is 18.5 Å². The van der Waals surface area contributed by atoms with E-state index in [0.29, 0.717) is 12.1 Å². The minimum Gasteiger partial charge on any atom is -0.395 e. The summed E-state index contributed by atoms with van der Waals surface area (Å²) in [6, 6.07) is 0.341. The summed E-state index contributed by atoms with van der Waals surface area (Å²) < 4.78 is 6.28. The molecule has 4 heteroatoms. The van der Waals surface area contributed by atoms with E-state index in [-0.39, 0.29) is 17.5 Å². The average molecular weight is 273 g/mol. The molecular formula is C14H27NO2S. The van der Waals surface area contributed by atoms with Gasteiger partial charge < -0.3 is 15.2 Å². The number of rotatable bonds is 6. The molecule has 1 saturated carbocycles. The second kappa shape index (κ2) is 6.60. The van der Waals surface area contributed by atoms with Crippen LogP contribution in [0.25, 0.3) is 0 Å². The van der Waals surface area contributed by atoms with Crippen molar-refractivity contribution in [1.82, 2.24) is 5.32 Å². The van der Waals surface area contributed by atoms with Crippen molar-refractivity contribution in [3.63, 3.8) is 0 Å². The van der Waals surface area contributed by atoms with Crippen LogP contribution in [0.2, 0.25) is 0 Å². The molecule has 1 spiro atoms. The fraction of sp³-hybridized carbons (Fsp3) is 1.00. The Balaban J connectivity index is 1.71. The van der Waals surface area contributed by atoms with E-state index in [1.54, 1.807) is 11.8 Å². The highest BCUT2D eigenvalue weighted by atomic mass is 32.2. The second-order valence-corrected chi connectivity index (χ2v) is 6.90. The normalized spacial score (nSPS) is 29.8. The molecule has 0 aromatic carbocycles. The van der Waals surface area contributed by atoms with Gasteiger partial charge in [-0.05, 0) is 38.9 Å². The van der Waals surface area contributed by atoms with Crippen LogP contribution in [-0.2, 0) is 4.74 Å². The summed E-state index contributed by atoms with van der Waals surface area (Å²) >= 11 is 1.73. The minimum atomic E-state index is 0.241. The molecule has 0 radical (unpaired) electrons. The largest absolute Gasteiger partial charge is 0.395 e. The zero-order chi connectivity index (χ0) is 13.0. The first kappa shape index (κ1) is 14.6. The third-order valence-electron chi connectivity index (χ3n) is 4.56. The quantitative estimate of drug-likeness (QED) is 0.778. The molecule has 18 heavy (non-hydrogen) atoms. The van der Waals surface area contributed by atoms with Gasteiger partial charge in [0, 0.05) is 17.8 Å². The lowest BCUT2D eigenvalue weighted by molar-refractivity contribution is -0.0358. The number of nitrogens with one attached hydrogen (secondary N) is 1. The highest BCUT2D eigenvalue weighted by Crippen LogP contribution is 2.43. The van der Waals surface area contributed by atoms with E-state index in [0.717, 1.165) is 6.54 Å². The Kier molecular flexibility index (Phi) is 5.36. The first-order valence-electron chi connectivity index (χ1n) is 7.24. The maximum atomic E-state index is 9.26. The number of aliphatic hydroxyl groups is 1. The highest BCUT2D eigenvalue weighted by molar-refractivity contribution is 7.99. The molecule has 1 heterocycles. The molecule has 2 fully saturated rings. The van der Waals surface area contributed by atoms with Gasteiger partial charge in [0.1, 0.15) is 0 Å². The van der Waals surface area contributed by atoms with Gasteiger partial charge in [0.25, 0.3) is 0 Å². The Labute approximate surface area is 115 Å². The average Bonchev–Trinajstić information content (AvgIpc) is 2.99. The number of ether oxygens (including phenoxy) is 1. The number of hydrogen-bond donors (Lipinski definition) is 2. The summed E-state index contributed by atoms with van der Waals surface area (Å²) in [5.41, 5.74) is 0.242. The SMILES string of the molecule is CSC(CO)C(C)NCC1CCC2(CCCC2)O1. The van der Waals surface area contributed by atoms with Crippen molar-refractivity contribution in [3.05, 3.63) is 0 Å². The molecule has 0 aromatic rings. The molecule has 1 aliphatic carbocycles. The maximum absolute atomic E-state index is 9.26. The van der Waals surface area contributed by atoms with Gasteiger partial charge in [-0.25, -0.2) is 0 Å². The van der Waals surface area contributed by atoms with Crippen molar-refractivity contribution in [2.75, 3.05) is 19.4 Å². The molecule has 3 unspecified atom stereocenters. The van der Waals surface area contributed by atoms with Gasteiger partial charge in [0.2, 0.25) is 0 Å². The van der Waals surface area contributed by atoms with E-state index in [1.165, 1.54) is 38.5 Å². The van der Waals surface area contributed by atoms with E-state index in [9.17, 15) is 5.11 Å². The van der Waals surface area contributed by atoms with Crippen LogP contribution in [0.1, 0.15) is 45.4 Å². The Hall–Kier alpha value is 0.230. The lowest BCUT2D eigenvalue weighted by atomic mass is 9.98. The zero-order valence-electron chi connectivity index (χ0n) is 11.7. The fourth-order valence-corrected chi connectivity index (χ4v) is 3.97. The van der Waals surface area contributed by atoms with Gasteiger partial charge >= 0.3 is 0 Å². The van der Waals surface area contributed by atoms with Crippen LogP contribution in [0.15, 0.2) is 0 Å². The smallest absolute Gasteiger partial charge is 0.0708 e. The molecule has 0 bridgehead atoms. The van der Waals surface area contributed by atoms with Gasteiger partial charge in [0.05, 0.1) is 18.3 Å². The van der Waals surface area contributed by atoms with Gasteiger partial charge in [-0.2, -0.15) is 11.8 Å². The van der Waals surface area contributed by atoms with Gasteiger partial charge in [-0.15, -0.1) is 0 Å². The summed E-state index contributed by atoms with van der Waals surface area (Å²) in [4.78, 5) is 0. The minimum absolute atomic E-state index is 0.241. The topological polar surface area (TPSA) is 41.5 Å². The van der Waals surface area contributed by atoms with E-state index in [4.69, 9.17) is 4.74 Å². The zero-order valence-corrected chi connectivity index (χ0v) is 12.5. The lowest BCUT2D eigenvalue weighted by Crippen LogP contribution is -2.41. The van der Waals surface area contributed by atoms with Crippen molar-refractivity contribution >= 4 is 11.8 Å². The predicted molar refractivity (Wildman–Crippen MR) is 77.2 cm³/mol. The molecule has 106 valence electrons.